The van der Waals surface area contributed by atoms with Gasteiger partial charge in [-0.05, 0) is 19.3 Å². The van der Waals surface area contributed by atoms with Gasteiger partial charge in [-0.15, -0.1) is 0 Å². The Hall–Kier alpha value is -0.380. The maximum atomic E-state index is 9.49. The maximum Gasteiger partial charge on any atom is 0.157 e. The Morgan fingerprint density at radius 3 is 3.00 bits per heavy atom. The molecule has 3 heteroatoms. The molecule has 0 bridgehead atoms. The van der Waals surface area contributed by atoms with Crippen molar-refractivity contribution in [1.29, 1.82) is 0 Å². The molecule has 1 rings (SSSR count). The predicted octanol–water partition coefficient (Wildman–Crippen LogP) is 0.636. The molecule has 0 spiro atoms. The van der Waals surface area contributed by atoms with Gasteiger partial charge in [0.2, 0.25) is 0 Å². The van der Waals surface area contributed by atoms with Crippen molar-refractivity contribution in [3.05, 3.63) is 12.2 Å². The molecule has 0 fully saturated rings. The van der Waals surface area contributed by atoms with E-state index in [4.69, 9.17) is 10.5 Å². The van der Waals surface area contributed by atoms with Crippen molar-refractivity contribution in [2.75, 3.05) is 13.2 Å². The van der Waals surface area contributed by atoms with Crippen LogP contribution in [0.15, 0.2) is 12.2 Å². The smallest absolute Gasteiger partial charge is 0.157 e. The zero-order valence-electron chi connectivity index (χ0n) is 7.28. The predicted molar refractivity (Wildman–Crippen MR) is 47.5 cm³/mol. The van der Waals surface area contributed by atoms with Crippen molar-refractivity contribution in [2.24, 2.45) is 11.7 Å². The molecule has 0 saturated carbocycles. The van der Waals surface area contributed by atoms with Crippen LogP contribution < -0.4 is 5.73 Å². The summed E-state index contributed by atoms with van der Waals surface area (Å²) >= 11 is 0. The van der Waals surface area contributed by atoms with Crippen LogP contribution in [-0.4, -0.2) is 24.5 Å². The molecule has 2 unspecified atom stereocenters. The minimum absolute atomic E-state index is 0.265. The lowest BCUT2D eigenvalue weighted by molar-refractivity contribution is -0.133. The molecular weight excluding hydrogens is 154 g/mol. The first-order valence-electron chi connectivity index (χ1n) is 4.49. The van der Waals surface area contributed by atoms with Crippen LogP contribution in [0.25, 0.3) is 0 Å². The van der Waals surface area contributed by atoms with Gasteiger partial charge in [0.05, 0.1) is 6.61 Å². The monoisotopic (exact) mass is 171 g/mol. The van der Waals surface area contributed by atoms with E-state index in [1.54, 1.807) is 0 Å². The summed E-state index contributed by atoms with van der Waals surface area (Å²) < 4.78 is 5.13. The molecule has 0 aromatic heterocycles. The topological polar surface area (TPSA) is 55.5 Å². The summed E-state index contributed by atoms with van der Waals surface area (Å²) in [4.78, 5) is 0. The lowest BCUT2D eigenvalue weighted by Gasteiger charge is -2.23. The van der Waals surface area contributed by atoms with Crippen molar-refractivity contribution in [1.82, 2.24) is 0 Å². The molecule has 1 aliphatic carbocycles. The van der Waals surface area contributed by atoms with Crippen molar-refractivity contribution in [2.45, 2.75) is 25.6 Å². The van der Waals surface area contributed by atoms with Crippen molar-refractivity contribution in [3.8, 4) is 0 Å². The van der Waals surface area contributed by atoms with E-state index in [1.165, 1.54) is 0 Å². The van der Waals surface area contributed by atoms with Gasteiger partial charge >= 0.3 is 0 Å². The van der Waals surface area contributed by atoms with E-state index in [1.807, 2.05) is 0 Å². The molecule has 0 aliphatic heterocycles. The second-order valence-corrected chi connectivity index (χ2v) is 3.09. The SMILES string of the molecule is NCCOC(O)C1CC=CCC1. The first-order valence-corrected chi connectivity index (χ1v) is 4.49. The summed E-state index contributed by atoms with van der Waals surface area (Å²) in [5, 5.41) is 9.49. The van der Waals surface area contributed by atoms with Crippen LogP contribution in [0.5, 0.6) is 0 Å². The average Bonchev–Trinajstić information content (AvgIpc) is 2.15. The number of nitrogens with two attached hydrogens (primary N) is 1. The minimum Gasteiger partial charge on any atom is -0.368 e. The fourth-order valence-electron chi connectivity index (χ4n) is 1.40. The Bertz CT molecular complexity index is 147. The number of allylic oxidation sites excluding steroid dienone is 2. The van der Waals surface area contributed by atoms with Crippen molar-refractivity contribution < 1.29 is 9.84 Å². The van der Waals surface area contributed by atoms with E-state index in [-0.39, 0.29) is 5.92 Å². The molecule has 12 heavy (non-hydrogen) atoms. The molecule has 0 aromatic rings. The van der Waals surface area contributed by atoms with E-state index < -0.39 is 6.29 Å². The summed E-state index contributed by atoms with van der Waals surface area (Å²) in [6.45, 7) is 0.918. The standard InChI is InChI=1S/C9H17NO2/c10-6-7-12-9(11)8-4-2-1-3-5-8/h1-2,8-9,11H,3-7,10H2. The number of hydrogen-bond donors (Lipinski definition) is 2. The molecule has 2 atom stereocenters. The first kappa shape index (κ1) is 9.71. The number of rotatable bonds is 4. The van der Waals surface area contributed by atoms with E-state index in [0.29, 0.717) is 13.2 Å². The minimum atomic E-state index is -0.626. The van der Waals surface area contributed by atoms with Gasteiger partial charge in [-0.25, -0.2) is 0 Å². The molecule has 0 aromatic carbocycles. The first-order chi connectivity index (χ1) is 5.84. The Morgan fingerprint density at radius 2 is 2.42 bits per heavy atom. The Balaban J connectivity index is 2.21. The second kappa shape index (κ2) is 5.30. The van der Waals surface area contributed by atoms with Crippen LogP contribution in [0, 0.1) is 5.92 Å². The molecule has 70 valence electrons. The lowest BCUT2D eigenvalue weighted by Crippen LogP contribution is -2.26. The van der Waals surface area contributed by atoms with Crippen molar-refractivity contribution >= 4 is 0 Å². The van der Waals surface area contributed by atoms with Gasteiger partial charge in [0.1, 0.15) is 0 Å². The maximum absolute atomic E-state index is 9.49. The van der Waals surface area contributed by atoms with Gasteiger partial charge in [0.25, 0.3) is 0 Å². The van der Waals surface area contributed by atoms with Crippen LogP contribution in [0.2, 0.25) is 0 Å². The molecule has 0 saturated heterocycles. The second-order valence-electron chi connectivity index (χ2n) is 3.09. The summed E-state index contributed by atoms with van der Waals surface area (Å²) in [5.74, 6) is 0.265. The van der Waals surface area contributed by atoms with Crippen molar-refractivity contribution in [3.63, 3.8) is 0 Å². The summed E-state index contributed by atoms with van der Waals surface area (Å²) in [6, 6.07) is 0. The van der Waals surface area contributed by atoms with E-state index >= 15 is 0 Å². The highest BCUT2D eigenvalue weighted by atomic mass is 16.6. The summed E-state index contributed by atoms with van der Waals surface area (Å²) in [5.41, 5.74) is 5.26. The Morgan fingerprint density at radius 1 is 1.58 bits per heavy atom. The third-order valence-electron chi connectivity index (χ3n) is 2.12. The van der Waals surface area contributed by atoms with E-state index in [0.717, 1.165) is 19.3 Å². The van der Waals surface area contributed by atoms with Gasteiger partial charge in [0.15, 0.2) is 6.29 Å². The van der Waals surface area contributed by atoms with Gasteiger partial charge < -0.3 is 15.6 Å². The lowest BCUT2D eigenvalue weighted by atomic mass is 9.94. The highest BCUT2D eigenvalue weighted by Crippen LogP contribution is 2.21. The number of aliphatic hydroxyl groups is 1. The van der Waals surface area contributed by atoms with Gasteiger partial charge in [-0.2, -0.15) is 0 Å². The molecule has 0 radical (unpaired) electrons. The summed E-state index contributed by atoms with van der Waals surface area (Å²) in [6.07, 6.45) is 6.61. The zero-order chi connectivity index (χ0) is 8.81. The molecular formula is C9H17NO2. The molecule has 0 amide bonds. The number of ether oxygens (including phenoxy) is 1. The fraction of sp³-hybridized carbons (Fsp3) is 0.778. The molecule has 1 aliphatic rings. The van der Waals surface area contributed by atoms with Crippen LogP contribution >= 0.6 is 0 Å². The van der Waals surface area contributed by atoms with Crippen LogP contribution in [0.1, 0.15) is 19.3 Å². The zero-order valence-corrected chi connectivity index (χ0v) is 7.28. The molecule has 3 nitrogen and oxygen atoms in total. The van der Waals surface area contributed by atoms with Gasteiger partial charge in [-0.3, -0.25) is 0 Å². The Labute approximate surface area is 73.2 Å². The van der Waals surface area contributed by atoms with E-state index in [9.17, 15) is 5.11 Å². The van der Waals surface area contributed by atoms with Gasteiger partial charge in [-0.1, -0.05) is 12.2 Å². The Kier molecular flexibility index (Phi) is 4.29. The molecule has 0 heterocycles. The highest BCUT2D eigenvalue weighted by Gasteiger charge is 2.19. The van der Waals surface area contributed by atoms with Crippen LogP contribution in [0.3, 0.4) is 0 Å². The van der Waals surface area contributed by atoms with Crippen LogP contribution in [0.4, 0.5) is 0 Å². The molecule has 3 N–H and O–H groups in total. The van der Waals surface area contributed by atoms with E-state index in [2.05, 4.69) is 12.2 Å². The quantitative estimate of drug-likeness (QED) is 0.482. The van der Waals surface area contributed by atoms with Gasteiger partial charge in [0, 0.05) is 12.5 Å². The average molecular weight is 171 g/mol. The fourth-order valence-corrected chi connectivity index (χ4v) is 1.40. The highest BCUT2D eigenvalue weighted by molar-refractivity contribution is 4.90. The third-order valence-corrected chi connectivity index (χ3v) is 2.12. The number of aliphatic hydroxyl groups excluding tert-OH is 1. The largest absolute Gasteiger partial charge is 0.368 e. The van der Waals surface area contributed by atoms with Crippen LogP contribution in [-0.2, 0) is 4.74 Å². The summed E-state index contributed by atoms with van der Waals surface area (Å²) in [7, 11) is 0. The third kappa shape index (κ3) is 2.93. The number of hydrogen-bond acceptors (Lipinski definition) is 3. The normalized spacial score (nSPS) is 25.7.